The first-order chi connectivity index (χ1) is 7.06. The number of rotatable bonds is 4. The first-order valence-electron chi connectivity index (χ1n) is 3.97. The molecule has 0 aliphatic heterocycles. The maximum Gasteiger partial charge on any atom is 0.271 e. The van der Waals surface area contributed by atoms with E-state index in [2.05, 4.69) is 15.3 Å². The van der Waals surface area contributed by atoms with Crippen LogP contribution in [0.2, 0.25) is 0 Å². The number of nitrogens with two attached hydrogens (primary N) is 1. The van der Waals surface area contributed by atoms with Gasteiger partial charge in [0.15, 0.2) is 11.5 Å². The Kier molecular flexibility index (Phi) is 3.11. The molecule has 1 rings (SSSR count). The van der Waals surface area contributed by atoms with E-state index in [9.17, 15) is 9.59 Å². The van der Waals surface area contributed by atoms with Crippen LogP contribution in [-0.2, 0) is 11.8 Å². The van der Waals surface area contributed by atoms with E-state index in [0.29, 0.717) is 6.41 Å². The number of nitrogens with zero attached hydrogens (tertiary/aromatic N) is 5. The lowest BCUT2D eigenvalue weighted by Crippen LogP contribution is -2.12. The highest BCUT2D eigenvalue weighted by atomic mass is 16.1. The predicted octanol–water partition coefficient (Wildman–Crippen LogP) is -0.394. The largest absolute Gasteiger partial charge is 0.364 e. The Morgan fingerprint density at radius 1 is 1.73 bits per heavy atom. The van der Waals surface area contributed by atoms with E-state index >= 15 is 0 Å². The fraction of sp³-hybridized carbons (Fsp3) is 0.286. The van der Waals surface area contributed by atoms with Crippen molar-refractivity contribution in [3.63, 3.8) is 0 Å². The van der Waals surface area contributed by atoms with Gasteiger partial charge < -0.3 is 10.3 Å². The van der Waals surface area contributed by atoms with Crippen LogP contribution in [0.5, 0.6) is 0 Å². The number of carbonyl (C=O) groups is 2. The second kappa shape index (κ2) is 4.31. The number of amides is 2. The average molecular weight is 210 g/mol. The van der Waals surface area contributed by atoms with Crippen LogP contribution < -0.4 is 5.73 Å². The van der Waals surface area contributed by atoms with E-state index in [1.807, 2.05) is 0 Å². The van der Waals surface area contributed by atoms with Gasteiger partial charge in [-0.1, -0.05) is 5.22 Å². The van der Waals surface area contributed by atoms with Crippen molar-refractivity contribution < 1.29 is 9.59 Å². The zero-order valence-electron chi connectivity index (χ0n) is 8.28. The minimum atomic E-state index is -0.696. The molecule has 2 amide bonds. The Morgan fingerprint density at radius 3 is 2.93 bits per heavy atom. The van der Waals surface area contributed by atoms with Crippen molar-refractivity contribution >= 4 is 18.1 Å². The van der Waals surface area contributed by atoms with Crippen molar-refractivity contribution in [3.05, 3.63) is 12.0 Å². The zero-order valence-corrected chi connectivity index (χ0v) is 8.28. The molecule has 15 heavy (non-hydrogen) atoms. The van der Waals surface area contributed by atoms with Gasteiger partial charge in [-0.05, 0) is 0 Å². The quantitative estimate of drug-likeness (QED) is 0.415. The van der Waals surface area contributed by atoms with Gasteiger partial charge >= 0.3 is 0 Å². The molecule has 0 fully saturated rings. The van der Waals surface area contributed by atoms with E-state index in [-0.39, 0.29) is 11.5 Å². The molecule has 0 aromatic carbocycles. The molecule has 0 unspecified atom stereocenters. The van der Waals surface area contributed by atoms with Gasteiger partial charge in [-0.3, -0.25) is 9.59 Å². The monoisotopic (exact) mass is 210 g/mol. The molecular formula is C7H10N6O2. The van der Waals surface area contributed by atoms with Gasteiger partial charge in [-0.25, -0.2) is 9.99 Å². The lowest BCUT2D eigenvalue weighted by Gasteiger charge is -1.99. The second-order valence-corrected chi connectivity index (χ2v) is 2.76. The zero-order chi connectivity index (χ0) is 11.4. The minimum Gasteiger partial charge on any atom is -0.364 e. The summed E-state index contributed by atoms with van der Waals surface area (Å²) in [5.41, 5.74) is 5.08. The molecule has 8 nitrogen and oxygen atoms in total. The molecular weight excluding hydrogens is 200 g/mol. The number of primary amides is 1. The third-order valence-electron chi connectivity index (χ3n) is 1.57. The Morgan fingerprint density at radius 2 is 2.40 bits per heavy atom. The lowest BCUT2D eigenvalue weighted by molar-refractivity contribution is -0.117. The van der Waals surface area contributed by atoms with Gasteiger partial charge in [0.25, 0.3) is 5.91 Å². The fourth-order valence-corrected chi connectivity index (χ4v) is 0.850. The van der Waals surface area contributed by atoms with Crippen LogP contribution in [-0.4, -0.2) is 33.9 Å². The van der Waals surface area contributed by atoms with Gasteiger partial charge in [0.1, 0.15) is 0 Å². The third-order valence-corrected chi connectivity index (χ3v) is 1.57. The van der Waals surface area contributed by atoms with Crippen LogP contribution in [0.15, 0.2) is 16.7 Å². The van der Waals surface area contributed by atoms with Crippen LogP contribution in [0.4, 0.5) is 5.82 Å². The van der Waals surface area contributed by atoms with E-state index in [4.69, 9.17) is 5.73 Å². The highest BCUT2D eigenvalue weighted by molar-refractivity contribution is 5.94. The Bertz CT molecular complexity index is 410. The molecule has 2 N–H and O–H groups in total. The van der Waals surface area contributed by atoms with Crippen LogP contribution in [0.1, 0.15) is 10.5 Å². The third kappa shape index (κ3) is 2.36. The summed E-state index contributed by atoms with van der Waals surface area (Å²) in [7, 11) is 3.05. The van der Waals surface area contributed by atoms with Crippen molar-refractivity contribution in [2.24, 2.45) is 23.1 Å². The smallest absolute Gasteiger partial charge is 0.271 e. The van der Waals surface area contributed by atoms with Crippen LogP contribution in [0.25, 0.3) is 0 Å². The molecule has 0 spiro atoms. The summed E-state index contributed by atoms with van der Waals surface area (Å²) in [5, 5.41) is 8.14. The van der Waals surface area contributed by atoms with Gasteiger partial charge in [0, 0.05) is 14.1 Å². The maximum atomic E-state index is 10.9. The van der Waals surface area contributed by atoms with Crippen LogP contribution in [0.3, 0.4) is 0 Å². The highest BCUT2D eigenvalue weighted by Crippen LogP contribution is 2.16. The molecule has 0 bridgehead atoms. The summed E-state index contributed by atoms with van der Waals surface area (Å²) in [5.74, 6) is -0.491. The first-order valence-corrected chi connectivity index (χ1v) is 3.97. The van der Waals surface area contributed by atoms with Gasteiger partial charge in [0.05, 0.1) is 6.33 Å². The Hall–Kier alpha value is -2.25. The molecule has 1 heterocycles. The average Bonchev–Trinajstić information content (AvgIpc) is 2.56. The number of carbonyl (C=O) groups excluding carboxylic acids is 2. The highest BCUT2D eigenvalue weighted by Gasteiger charge is 2.13. The van der Waals surface area contributed by atoms with Crippen molar-refractivity contribution in [2.75, 3.05) is 7.05 Å². The molecule has 0 atom stereocenters. The number of aromatic nitrogens is 2. The number of hydrogen-bond acceptors (Lipinski definition) is 5. The van der Waals surface area contributed by atoms with E-state index < -0.39 is 5.91 Å². The van der Waals surface area contributed by atoms with E-state index in [0.717, 1.165) is 5.01 Å². The molecule has 0 saturated carbocycles. The molecule has 0 aliphatic carbocycles. The van der Waals surface area contributed by atoms with Crippen LogP contribution in [0, 0.1) is 0 Å². The molecule has 0 aliphatic rings. The molecule has 1 aromatic heterocycles. The number of imidazole rings is 1. The standard InChI is InChI=1S/C7H10N6O2/c1-12-3-9-5(6(8)15)7(12)10-11-13(2)4-14/h3-4H,1-2H3,(H2,8,15)/b11-10-. The normalized spacial score (nSPS) is 10.5. The summed E-state index contributed by atoms with van der Waals surface area (Å²) in [6, 6.07) is 0. The fourth-order valence-electron chi connectivity index (χ4n) is 0.850. The molecule has 0 radical (unpaired) electrons. The van der Waals surface area contributed by atoms with Gasteiger partial charge in [-0.15, -0.1) is 5.11 Å². The van der Waals surface area contributed by atoms with E-state index in [1.54, 1.807) is 7.05 Å². The molecule has 8 heteroatoms. The SMILES string of the molecule is CN(C=O)/N=N\c1c(C(N)=O)ncn1C. The Balaban J connectivity index is 3.02. The minimum absolute atomic E-state index is 0.0144. The number of aryl methyl sites for hydroxylation is 1. The Labute approximate surface area is 85.4 Å². The topological polar surface area (TPSA) is 106 Å². The maximum absolute atomic E-state index is 10.9. The van der Waals surface area contributed by atoms with Gasteiger partial charge in [-0.2, -0.15) is 0 Å². The summed E-state index contributed by atoms with van der Waals surface area (Å²) >= 11 is 0. The summed E-state index contributed by atoms with van der Waals surface area (Å²) in [6.07, 6.45) is 1.86. The van der Waals surface area contributed by atoms with Crippen molar-refractivity contribution in [2.45, 2.75) is 0 Å². The summed E-state index contributed by atoms with van der Waals surface area (Å²) in [4.78, 5) is 24.9. The van der Waals surface area contributed by atoms with Crippen molar-refractivity contribution in [3.8, 4) is 0 Å². The van der Waals surface area contributed by atoms with E-state index in [1.165, 1.54) is 17.9 Å². The molecule has 0 saturated heterocycles. The van der Waals surface area contributed by atoms with Crippen molar-refractivity contribution in [1.29, 1.82) is 0 Å². The lowest BCUT2D eigenvalue weighted by atomic mass is 10.4. The van der Waals surface area contributed by atoms with Crippen molar-refractivity contribution in [1.82, 2.24) is 14.6 Å². The summed E-state index contributed by atoms with van der Waals surface area (Å²) in [6.45, 7) is 0. The summed E-state index contributed by atoms with van der Waals surface area (Å²) < 4.78 is 1.47. The molecule has 80 valence electrons. The predicted molar refractivity (Wildman–Crippen MR) is 50.1 cm³/mol. The molecule has 1 aromatic rings. The first kappa shape index (κ1) is 10.8. The second-order valence-electron chi connectivity index (χ2n) is 2.76. The number of hydrogen-bond donors (Lipinski definition) is 1. The van der Waals surface area contributed by atoms with Crippen LogP contribution >= 0.6 is 0 Å². The van der Waals surface area contributed by atoms with Gasteiger partial charge in [0.2, 0.25) is 6.41 Å².